The van der Waals surface area contributed by atoms with Crippen LogP contribution in [0.3, 0.4) is 0 Å². The molecule has 2 N–H and O–H groups in total. The number of nitrogens with one attached hydrogen (secondary N) is 2. The average Bonchev–Trinajstić information content (AvgIpc) is 2.57. The van der Waals surface area contributed by atoms with Crippen LogP contribution in [0.25, 0.3) is 0 Å². The molecule has 6 heteroatoms. The van der Waals surface area contributed by atoms with Crippen molar-refractivity contribution in [3.8, 4) is 5.75 Å². The van der Waals surface area contributed by atoms with E-state index in [1.807, 2.05) is 0 Å². The van der Waals surface area contributed by atoms with E-state index in [9.17, 15) is 9.59 Å². The highest BCUT2D eigenvalue weighted by atomic mass is 16.5. The zero-order chi connectivity index (χ0) is 18.2. The van der Waals surface area contributed by atoms with Crippen molar-refractivity contribution in [2.24, 2.45) is 5.92 Å². The number of carbonyl (C=O) groups excluding carboxylic acids is 2. The van der Waals surface area contributed by atoms with E-state index in [1.165, 1.54) is 19.3 Å². The highest BCUT2D eigenvalue weighted by Gasteiger charge is 2.23. The molecular formula is C19H29N3O3. The summed E-state index contributed by atoms with van der Waals surface area (Å²) in [5, 5.41) is 5.93. The van der Waals surface area contributed by atoms with Gasteiger partial charge in [-0.25, -0.2) is 0 Å². The van der Waals surface area contributed by atoms with Gasteiger partial charge in [-0.1, -0.05) is 19.8 Å². The van der Waals surface area contributed by atoms with Crippen LogP contribution in [-0.4, -0.2) is 50.0 Å². The summed E-state index contributed by atoms with van der Waals surface area (Å²) in [6.07, 6.45) is 4.65. The molecule has 1 fully saturated rings. The predicted molar refractivity (Wildman–Crippen MR) is 98.7 cm³/mol. The van der Waals surface area contributed by atoms with Crippen molar-refractivity contribution in [1.29, 1.82) is 0 Å². The summed E-state index contributed by atoms with van der Waals surface area (Å²) in [6, 6.07) is 7.42. The van der Waals surface area contributed by atoms with Crippen LogP contribution < -0.4 is 15.4 Å². The lowest BCUT2D eigenvalue weighted by Gasteiger charge is -2.30. The Morgan fingerprint density at radius 3 is 2.40 bits per heavy atom. The summed E-state index contributed by atoms with van der Waals surface area (Å²) in [5.41, 5.74) is 0.708. The van der Waals surface area contributed by atoms with Crippen LogP contribution in [0.5, 0.6) is 5.75 Å². The first kappa shape index (κ1) is 19.2. The van der Waals surface area contributed by atoms with Crippen molar-refractivity contribution < 1.29 is 14.3 Å². The zero-order valence-electron chi connectivity index (χ0n) is 15.4. The Balaban J connectivity index is 1.73. The first-order valence-corrected chi connectivity index (χ1v) is 8.89. The normalized spacial score (nSPS) is 20.2. The second kappa shape index (κ2) is 9.42. The van der Waals surface area contributed by atoms with Crippen molar-refractivity contribution in [1.82, 2.24) is 10.2 Å². The van der Waals surface area contributed by atoms with E-state index < -0.39 is 0 Å². The van der Waals surface area contributed by atoms with Crippen molar-refractivity contribution in [2.45, 2.75) is 38.6 Å². The van der Waals surface area contributed by atoms with E-state index in [0.29, 0.717) is 11.6 Å². The molecule has 1 aromatic rings. The summed E-state index contributed by atoms with van der Waals surface area (Å²) >= 11 is 0. The van der Waals surface area contributed by atoms with Crippen LogP contribution in [0.4, 0.5) is 5.69 Å². The van der Waals surface area contributed by atoms with E-state index in [2.05, 4.69) is 17.6 Å². The van der Waals surface area contributed by atoms with Gasteiger partial charge < -0.3 is 15.4 Å². The number of hydrogen-bond donors (Lipinski definition) is 2. The van der Waals surface area contributed by atoms with Crippen LogP contribution in [0.2, 0.25) is 0 Å². The molecule has 138 valence electrons. The second-order valence-electron chi connectivity index (χ2n) is 6.88. The summed E-state index contributed by atoms with van der Waals surface area (Å²) in [7, 11) is 3.37. The fourth-order valence-electron chi connectivity index (χ4n) is 3.20. The minimum absolute atomic E-state index is 0.0153. The average molecular weight is 347 g/mol. The molecule has 2 rings (SSSR count). The van der Waals surface area contributed by atoms with Gasteiger partial charge >= 0.3 is 0 Å². The molecule has 0 heterocycles. The van der Waals surface area contributed by atoms with Gasteiger partial charge in [0.2, 0.25) is 11.8 Å². The zero-order valence-corrected chi connectivity index (χ0v) is 15.4. The third-order valence-electron chi connectivity index (χ3n) is 4.66. The van der Waals surface area contributed by atoms with Gasteiger partial charge in [0.1, 0.15) is 5.75 Å². The molecule has 0 spiro atoms. The van der Waals surface area contributed by atoms with E-state index in [1.54, 1.807) is 43.3 Å². The van der Waals surface area contributed by atoms with Crippen LogP contribution in [0.15, 0.2) is 24.3 Å². The number of ether oxygens (including phenoxy) is 1. The molecule has 1 aliphatic carbocycles. The molecule has 0 aliphatic heterocycles. The van der Waals surface area contributed by atoms with Gasteiger partial charge in [0.25, 0.3) is 0 Å². The van der Waals surface area contributed by atoms with Crippen molar-refractivity contribution in [3.63, 3.8) is 0 Å². The third kappa shape index (κ3) is 6.38. The monoisotopic (exact) mass is 347 g/mol. The van der Waals surface area contributed by atoms with Crippen molar-refractivity contribution in [3.05, 3.63) is 24.3 Å². The first-order chi connectivity index (χ1) is 12.0. The summed E-state index contributed by atoms with van der Waals surface area (Å²) < 4.78 is 5.09. The van der Waals surface area contributed by atoms with Gasteiger partial charge in [-0.3, -0.25) is 14.5 Å². The number of benzene rings is 1. The Kier molecular flexibility index (Phi) is 7.25. The largest absolute Gasteiger partial charge is 0.497 e. The minimum atomic E-state index is -0.147. The maximum Gasteiger partial charge on any atom is 0.238 e. The molecule has 1 aromatic carbocycles. The topological polar surface area (TPSA) is 70.7 Å². The molecule has 0 unspecified atom stereocenters. The minimum Gasteiger partial charge on any atom is -0.497 e. The Hall–Kier alpha value is -2.08. The standard InChI is InChI=1S/C19H29N3O3/c1-14-6-4-5-7-17(14)21-19(24)13-22(2)12-18(23)20-15-8-10-16(25-3)11-9-15/h8-11,14,17H,4-7,12-13H2,1-3H3,(H,20,23)(H,21,24)/t14-,17+/m0/s1. The van der Waals surface area contributed by atoms with Crippen LogP contribution in [0.1, 0.15) is 32.6 Å². The van der Waals surface area contributed by atoms with Crippen molar-refractivity contribution in [2.75, 3.05) is 32.6 Å². The number of likely N-dealkylation sites (N-methyl/N-ethyl adjacent to an activating group) is 1. The van der Waals surface area contributed by atoms with Gasteiger partial charge in [-0.15, -0.1) is 0 Å². The summed E-state index contributed by atoms with van der Waals surface area (Å²) in [6.45, 7) is 2.58. The summed E-state index contributed by atoms with van der Waals surface area (Å²) in [4.78, 5) is 26.0. The van der Waals surface area contributed by atoms with Gasteiger partial charge in [-0.05, 0) is 50.1 Å². The molecular weight excluding hydrogens is 318 g/mol. The molecule has 2 atom stereocenters. The highest BCUT2D eigenvalue weighted by Crippen LogP contribution is 2.23. The smallest absolute Gasteiger partial charge is 0.238 e. The molecule has 0 saturated heterocycles. The number of hydrogen-bond acceptors (Lipinski definition) is 4. The number of anilines is 1. The summed E-state index contributed by atoms with van der Waals surface area (Å²) in [5.74, 6) is 1.11. The lowest BCUT2D eigenvalue weighted by molar-refractivity contribution is -0.124. The second-order valence-corrected chi connectivity index (χ2v) is 6.88. The van der Waals surface area contributed by atoms with E-state index >= 15 is 0 Å². The molecule has 6 nitrogen and oxygen atoms in total. The SMILES string of the molecule is COc1ccc(NC(=O)CN(C)CC(=O)N[C@@H]2CCCC[C@@H]2C)cc1. The molecule has 0 bridgehead atoms. The quantitative estimate of drug-likeness (QED) is 0.794. The fourth-order valence-corrected chi connectivity index (χ4v) is 3.20. The maximum absolute atomic E-state index is 12.2. The molecule has 1 aliphatic rings. The van der Waals surface area contributed by atoms with Crippen LogP contribution in [-0.2, 0) is 9.59 Å². The van der Waals surface area contributed by atoms with E-state index in [4.69, 9.17) is 4.74 Å². The maximum atomic E-state index is 12.2. The van der Waals surface area contributed by atoms with Crippen LogP contribution in [0, 0.1) is 5.92 Å². The van der Waals surface area contributed by atoms with Gasteiger partial charge in [0.05, 0.1) is 20.2 Å². The Morgan fingerprint density at radius 1 is 1.12 bits per heavy atom. The van der Waals surface area contributed by atoms with Crippen LogP contribution >= 0.6 is 0 Å². The van der Waals surface area contributed by atoms with Gasteiger partial charge in [-0.2, -0.15) is 0 Å². The lowest BCUT2D eigenvalue weighted by Crippen LogP contribution is -2.46. The first-order valence-electron chi connectivity index (χ1n) is 8.89. The van der Waals surface area contributed by atoms with E-state index in [-0.39, 0.29) is 30.9 Å². The molecule has 25 heavy (non-hydrogen) atoms. The Morgan fingerprint density at radius 2 is 1.76 bits per heavy atom. The number of amides is 2. The number of carbonyl (C=O) groups is 2. The molecule has 0 radical (unpaired) electrons. The fraction of sp³-hybridized carbons (Fsp3) is 0.579. The van der Waals surface area contributed by atoms with Gasteiger partial charge in [0.15, 0.2) is 0 Å². The third-order valence-corrected chi connectivity index (χ3v) is 4.66. The number of nitrogens with zero attached hydrogens (tertiary/aromatic N) is 1. The highest BCUT2D eigenvalue weighted by molar-refractivity contribution is 5.92. The van der Waals surface area contributed by atoms with E-state index in [0.717, 1.165) is 12.2 Å². The Labute approximate surface area is 149 Å². The predicted octanol–water partition coefficient (Wildman–Crippen LogP) is 2.26. The van der Waals surface area contributed by atoms with Gasteiger partial charge in [0, 0.05) is 11.7 Å². The lowest BCUT2D eigenvalue weighted by atomic mass is 9.86. The molecule has 1 saturated carbocycles. The van der Waals surface area contributed by atoms with Crippen molar-refractivity contribution >= 4 is 17.5 Å². The number of methoxy groups -OCH3 is 1. The molecule has 2 amide bonds. The Bertz CT molecular complexity index is 574. The number of rotatable bonds is 7. The molecule has 0 aromatic heterocycles.